The van der Waals surface area contributed by atoms with Crippen LogP contribution in [-0.4, -0.2) is 77.1 Å². The lowest BCUT2D eigenvalue weighted by Crippen LogP contribution is -2.40. The number of nitrogens with zero attached hydrogens (tertiary/aromatic N) is 5. The number of hydrogen-bond acceptors (Lipinski definition) is 6. The van der Waals surface area contributed by atoms with Gasteiger partial charge >= 0.3 is 0 Å². The highest BCUT2D eigenvalue weighted by molar-refractivity contribution is 5.78. The molecule has 0 unspecified atom stereocenters. The Morgan fingerprint density at radius 3 is 2.88 bits per heavy atom. The molecule has 0 N–H and O–H groups in total. The van der Waals surface area contributed by atoms with E-state index in [0.29, 0.717) is 30.6 Å². The molecule has 0 bridgehead atoms. The summed E-state index contributed by atoms with van der Waals surface area (Å²) in [5, 5.41) is 8.40. The zero-order chi connectivity index (χ0) is 17.6. The minimum Gasteiger partial charge on any atom is -0.383 e. The number of benzene rings is 1. The van der Waals surface area contributed by atoms with Gasteiger partial charge in [-0.2, -0.15) is 0 Å². The van der Waals surface area contributed by atoms with Gasteiger partial charge in [-0.25, -0.2) is 4.68 Å². The zero-order valence-electron chi connectivity index (χ0n) is 14.4. The van der Waals surface area contributed by atoms with Gasteiger partial charge in [-0.1, -0.05) is 17.3 Å². The first-order chi connectivity index (χ1) is 12.2. The van der Waals surface area contributed by atoms with Crippen molar-refractivity contribution in [2.24, 2.45) is 0 Å². The molecule has 134 valence electrons. The average Bonchev–Trinajstić information content (AvgIpc) is 2.88. The van der Waals surface area contributed by atoms with Crippen LogP contribution in [-0.2, 0) is 16.1 Å². The molecule has 8 heteroatoms. The molecule has 0 spiro atoms. The summed E-state index contributed by atoms with van der Waals surface area (Å²) in [6.07, 6.45) is 0.910. The summed E-state index contributed by atoms with van der Waals surface area (Å²) in [4.78, 5) is 29.1. The van der Waals surface area contributed by atoms with Crippen molar-refractivity contribution < 1.29 is 9.53 Å². The summed E-state index contributed by atoms with van der Waals surface area (Å²) in [6.45, 7) is 4.59. The first-order valence-corrected chi connectivity index (χ1v) is 8.50. The number of carbonyl (C=O) groups excluding carboxylic acids is 1. The lowest BCUT2D eigenvalue weighted by molar-refractivity contribution is -0.132. The van der Waals surface area contributed by atoms with Crippen LogP contribution in [0.1, 0.15) is 6.42 Å². The van der Waals surface area contributed by atoms with E-state index < -0.39 is 0 Å². The van der Waals surface area contributed by atoms with Gasteiger partial charge in [0.1, 0.15) is 12.1 Å². The monoisotopic (exact) mass is 345 g/mol. The first kappa shape index (κ1) is 17.5. The molecule has 1 amide bonds. The Morgan fingerprint density at radius 2 is 2.04 bits per heavy atom. The summed E-state index contributed by atoms with van der Waals surface area (Å²) in [7, 11) is 1.69. The average molecular weight is 345 g/mol. The third-order valence-electron chi connectivity index (χ3n) is 4.47. The molecule has 0 radical (unpaired) electrons. The van der Waals surface area contributed by atoms with E-state index in [2.05, 4.69) is 15.2 Å². The fourth-order valence-electron chi connectivity index (χ4n) is 3.02. The summed E-state index contributed by atoms with van der Waals surface area (Å²) >= 11 is 0. The standard InChI is InChI=1S/C17H23N5O3/c1-25-12-11-20-7-4-8-21(10-9-20)16(23)13-22-17(24)14-5-2-3-6-15(14)18-19-22/h2-3,5-6H,4,7-13H2,1H3. The molecule has 0 aliphatic carbocycles. The first-order valence-electron chi connectivity index (χ1n) is 8.50. The van der Waals surface area contributed by atoms with Crippen LogP contribution < -0.4 is 5.56 Å². The van der Waals surface area contributed by atoms with Crippen LogP contribution in [0.4, 0.5) is 0 Å². The van der Waals surface area contributed by atoms with Gasteiger partial charge in [0.2, 0.25) is 5.91 Å². The summed E-state index contributed by atoms with van der Waals surface area (Å²) in [5.74, 6) is -0.0970. The lowest BCUT2D eigenvalue weighted by Gasteiger charge is -2.21. The van der Waals surface area contributed by atoms with E-state index in [1.165, 1.54) is 0 Å². The SMILES string of the molecule is COCCN1CCCN(C(=O)Cn2nnc3ccccc3c2=O)CC1. The Morgan fingerprint density at radius 1 is 1.20 bits per heavy atom. The maximum atomic E-state index is 12.6. The van der Waals surface area contributed by atoms with Crippen LogP contribution in [0.3, 0.4) is 0 Å². The van der Waals surface area contributed by atoms with E-state index in [1.54, 1.807) is 36.3 Å². The second-order valence-electron chi connectivity index (χ2n) is 6.14. The molecular weight excluding hydrogens is 322 g/mol. The highest BCUT2D eigenvalue weighted by Gasteiger charge is 2.20. The van der Waals surface area contributed by atoms with E-state index in [1.807, 2.05) is 0 Å². The predicted molar refractivity (Wildman–Crippen MR) is 93.3 cm³/mol. The van der Waals surface area contributed by atoms with Gasteiger partial charge < -0.3 is 9.64 Å². The molecule has 2 aromatic rings. The maximum absolute atomic E-state index is 12.6. The molecular formula is C17H23N5O3. The van der Waals surface area contributed by atoms with Crippen LogP contribution in [0, 0.1) is 0 Å². The predicted octanol–water partition coefficient (Wildman–Crippen LogP) is -0.0278. The van der Waals surface area contributed by atoms with Crippen LogP contribution in [0.15, 0.2) is 29.1 Å². The smallest absolute Gasteiger partial charge is 0.278 e. The van der Waals surface area contributed by atoms with Crippen LogP contribution >= 0.6 is 0 Å². The minimum absolute atomic E-state index is 0.0747. The summed E-state index contributed by atoms with van der Waals surface area (Å²) < 4.78 is 6.26. The second-order valence-corrected chi connectivity index (χ2v) is 6.14. The van der Waals surface area contributed by atoms with E-state index in [4.69, 9.17) is 4.74 Å². The van der Waals surface area contributed by atoms with Gasteiger partial charge in [-0.3, -0.25) is 14.5 Å². The Hall–Kier alpha value is -2.32. The van der Waals surface area contributed by atoms with Gasteiger partial charge in [-0.05, 0) is 25.1 Å². The third-order valence-corrected chi connectivity index (χ3v) is 4.47. The Labute approximate surface area is 146 Å². The van der Waals surface area contributed by atoms with Gasteiger partial charge in [0, 0.05) is 33.3 Å². The molecule has 1 aromatic heterocycles. The van der Waals surface area contributed by atoms with Crippen LogP contribution in [0.5, 0.6) is 0 Å². The number of carbonyl (C=O) groups is 1. The van der Waals surface area contributed by atoms with E-state index in [-0.39, 0.29) is 18.0 Å². The quantitative estimate of drug-likeness (QED) is 0.757. The number of amides is 1. The molecule has 1 saturated heterocycles. The van der Waals surface area contributed by atoms with Crippen molar-refractivity contribution in [2.45, 2.75) is 13.0 Å². The molecule has 2 heterocycles. The highest BCUT2D eigenvalue weighted by Crippen LogP contribution is 2.06. The Kier molecular flexibility index (Phi) is 5.72. The molecule has 0 atom stereocenters. The van der Waals surface area contributed by atoms with Crippen molar-refractivity contribution >= 4 is 16.8 Å². The minimum atomic E-state index is -0.282. The summed E-state index contributed by atoms with van der Waals surface area (Å²) in [6, 6.07) is 7.02. The van der Waals surface area contributed by atoms with Gasteiger partial charge in [0.25, 0.3) is 5.56 Å². The van der Waals surface area contributed by atoms with Crippen LogP contribution in [0.2, 0.25) is 0 Å². The lowest BCUT2D eigenvalue weighted by atomic mass is 10.2. The van der Waals surface area contributed by atoms with Crippen molar-refractivity contribution in [3.05, 3.63) is 34.6 Å². The number of aromatic nitrogens is 3. The Bertz CT molecular complexity index is 791. The van der Waals surface area contributed by atoms with Gasteiger partial charge in [0.05, 0.1) is 12.0 Å². The largest absolute Gasteiger partial charge is 0.383 e. The number of hydrogen-bond donors (Lipinski definition) is 0. The Balaban J connectivity index is 1.66. The molecule has 8 nitrogen and oxygen atoms in total. The molecule has 1 aromatic carbocycles. The molecule has 1 aliphatic rings. The number of methoxy groups -OCH3 is 1. The number of fused-ring (bicyclic) bond motifs is 1. The fourth-order valence-corrected chi connectivity index (χ4v) is 3.02. The summed E-state index contributed by atoms with van der Waals surface area (Å²) in [5.41, 5.74) is 0.259. The third kappa shape index (κ3) is 4.21. The van der Waals surface area contributed by atoms with Crippen molar-refractivity contribution in [3.8, 4) is 0 Å². The molecule has 1 fully saturated rings. The van der Waals surface area contributed by atoms with Gasteiger partial charge in [0.15, 0.2) is 0 Å². The molecule has 25 heavy (non-hydrogen) atoms. The van der Waals surface area contributed by atoms with E-state index >= 15 is 0 Å². The van der Waals surface area contributed by atoms with Crippen molar-refractivity contribution in [2.75, 3.05) is 46.4 Å². The second kappa shape index (κ2) is 8.17. The van der Waals surface area contributed by atoms with Gasteiger partial charge in [-0.15, -0.1) is 5.10 Å². The highest BCUT2D eigenvalue weighted by atomic mass is 16.5. The van der Waals surface area contributed by atoms with Crippen molar-refractivity contribution in [1.82, 2.24) is 24.8 Å². The zero-order valence-corrected chi connectivity index (χ0v) is 14.4. The van der Waals surface area contributed by atoms with Crippen molar-refractivity contribution in [3.63, 3.8) is 0 Å². The molecule has 0 saturated carbocycles. The normalized spacial score (nSPS) is 16.1. The number of ether oxygens (including phenoxy) is 1. The van der Waals surface area contributed by atoms with Crippen molar-refractivity contribution in [1.29, 1.82) is 0 Å². The maximum Gasteiger partial charge on any atom is 0.278 e. The molecule has 1 aliphatic heterocycles. The molecule has 3 rings (SSSR count). The fraction of sp³-hybridized carbons (Fsp3) is 0.529. The topological polar surface area (TPSA) is 80.6 Å². The van der Waals surface area contributed by atoms with E-state index in [0.717, 1.165) is 30.7 Å². The van der Waals surface area contributed by atoms with E-state index in [9.17, 15) is 9.59 Å². The van der Waals surface area contributed by atoms with Crippen LogP contribution in [0.25, 0.3) is 10.9 Å². The number of rotatable bonds is 5.